The number of rotatable bonds is 3. The summed E-state index contributed by atoms with van der Waals surface area (Å²) in [6.45, 7) is 3.01. The van der Waals surface area contributed by atoms with Crippen molar-refractivity contribution in [3.05, 3.63) is 34.8 Å². The van der Waals surface area contributed by atoms with Crippen molar-refractivity contribution in [3.63, 3.8) is 0 Å². The lowest BCUT2D eigenvalue weighted by atomic mass is 10.2. The van der Waals surface area contributed by atoms with Crippen molar-refractivity contribution in [1.82, 2.24) is 0 Å². The molecule has 0 fully saturated rings. The molecule has 1 atom stereocenters. The highest BCUT2D eigenvalue weighted by atomic mass is 79.9. The first kappa shape index (κ1) is 16.2. The Morgan fingerprint density at radius 3 is 2.18 bits per heavy atom. The fourth-order valence-electron chi connectivity index (χ4n) is 0.728. The van der Waals surface area contributed by atoms with E-state index in [0.29, 0.717) is 5.75 Å². The van der Waals surface area contributed by atoms with E-state index in [-0.39, 0.29) is 5.12 Å². The molecule has 17 heavy (non-hydrogen) atoms. The van der Waals surface area contributed by atoms with Crippen LogP contribution in [-0.4, -0.2) is 21.9 Å². The van der Waals surface area contributed by atoms with Crippen LogP contribution in [0.25, 0.3) is 0 Å². The zero-order valence-electron chi connectivity index (χ0n) is 9.72. The maximum Gasteiger partial charge on any atom is 0.307 e. The largest absolute Gasteiger partial charge is 0.481 e. The average molecular weight is 319 g/mol. The van der Waals surface area contributed by atoms with Gasteiger partial charge in [0, 0.05) is 17.1 Å². The van der Waals surface area contributed by atoms with E-state index in [4.69, 9.17) is 5.11 Å². The van der Waals surface area contributed by atoms with Crippen LogP contribution in [0.3, 0.4) is 0 Å². The molecule has 94 valence electrons. The summed E-state index contributed by atoms with van der Waals surface area (Å²) < 4.78 is 1.13. The Morgan fingerprint density at radius 1 is 1.35 bits per heavy atom. The van der Waals surface area contributed by atoms with E-state index in [0.717, 1.165) is 16.2 Å². The van der Waals surface area contributed by atoms with Gasteiger partial charge in [-0.1, -0.05) is 52.8 Å². The molecule has 1 aromatic carbocycles. The Morgan fingerprint density at radius 2 is 1.88 bits per heavy atom. The first-order valence-electron chi connectivity index (χ1n) is 5.00. The molecule has 1 unspecified atom stereocenters. The van der Waals surface area contributed by atoms with Gasteiger partial charge in [-0.25, -0.2) is 0 Å². The molecule has 0 saturated carbocycles. The molecule has 0 heterocycles. The zero-order chi connectivity index (χ0) is 13.3. The molecule has 1 N–H and O–H groups in total. The number of carbonyl (C=O) groups excluding carboxylic acids is 1. The van der Waals surface area contributed by atoms with Gasteiger partial charge in [0.25, 0.3) is 0 Å². The van der Waals surface area contributed by atoms with Crippen molar-refractivity contribution < 1.29 is 14.7 Å². The summed E-state index contributed by atoms with van der Waals surface area (Å²) in [6.07, 6.45) is 0. The van der Waals surface area contributed by atoms with E-state index in [1.54, 1.807) is 6.92 Å². The van der Waals surface area contributed by atoms with E-state index >= 15 is 0 Å². The zero-order valence-corrected chi connectivity index (χ0v) is 12.1. The SMILES string of the molecule is Brc1ccccc1.CC(=O)SCC(C)C(=O)O. The van der Waals surface area contributed by atoms with Crippen molar-refractivity contribution in [2.75, 3.05) is 5.75 Å². The van der Waals surface area contributed by atoms with Crippen LogP contribution in [-0.2, 0) is 9.59 Å². The third-order valence-corrected chi connectivity index (χ3v) is 3.29. The van der Waals surface area contributed by atoms with Crippen LogP contribution in [0.2, 0.25) is 0 Å². The molecule has 1 rings (SSSR count). The average Bonchev–Trinajstić information content (AvgIpc) is 2.27. The lowest BCUT2D eigenvalue weighted by Gasteiger charge is -2.01. The second-order valence-corrected chi connectivity index (χ2v) is 5.45. The predicted molar refractivity (Wildman–Crippen MR) is 74.1 cm³/mol. The van der Waals surface area contributed by atoms with Crippen LogP contribution >= 0.6 is 27.7 Å². The van der Waals surface area contributed by atoms with E-state index in [2.05, 4.69) is 15.9 Å². The van der Waals surface area contributed by atoms with E-state index in [9.17, 15) is 9.59 Å². The maximum atomic E-state index is 10.3. The Labute approximate surface area is 114 Å². The molecular formula is C12H15BrO3S. The third-order valence-electron chi connectivity index (χ3n) is 1.69. The maximum absolute atomic E-state index is 10.3. The summed E-state index contributed by atoms with van der Waals surface area (Å²) >= 11 is 4.36. The number of carbonyl (C=O) groups is 2. The Kier molecular flexibility index (Phi) is 8.80. The number of carboxylic acid groups (broad SMARTS) is 1. The Hall–Kier alpha value is -0.810. The smallest absolute Gasteiger partial charge is 0.307 e. The molecule has 0 bridgehead atoms. The van der Waals surface area contributed by atoms with Crippen molar-refractivity contribution in [1.29, 1.82) is 0 Å². The molecule has 1 aromatic rings. The highest BCUT2D eigenvalue weighted by Crippen LogP contribution is 2.08. The summed E-state index contributed by atoms with van der Waals surface area (Å²) in [6, 6.07) is 9.97. The Bertz CT molecular complexity index is 354. The van der Waals surface area contributed by atoms with Crippen LogP contribution < -0.4 is 0 Å². The standard InChI is InChI=1S/C6H5Br.C6H10O3S/c7-6-4-2-1-3-5-6;1-4(6(8)9)3-10-5(2)7/h1-5H;4H,3H2,1-2H3,(H,8,9). The number of thioether (sulfide) groups is 1. The predicted octanol–water partition coefficient (Wildman–Crippen LogP) is 3.44. The highest BCUT2D eigenvalue weighted by Gasteiger charge is 2.11. The van der Waals surface area contributed by atoms with E-state index < -0.39 is 11.9 Å². The van der Waals surface area contributed by atoms with Gasteiger partial charge in [-0.2, -0.15) is 0 Å². The van der Waals surface area contributed by atoms with Gasteiger partial charge in [0.05, 0.1) is 5.92 Å². The minimum Gasteiger partial charge on any atom is -0.481 e. The second kappa shape index (κ2) is 9.24. The van der Waals surface area contributed by atoms with Crippen LogP contribution in [0.5, 0.6) is 0 Å². The molecule has 0 aliphatic carbocycles. The van der Waals surface area contributed by atoms with Gasteiger partial charge in [-0.05, 0) is 12.1 Å². The third kappa shape index (κ3) is 10.1. The van der Waals surface area contributed by atoms with Crippen molar-refractivity contribution in [2.45, 2.75) is 13.8 Å². The molecule has 0 radical (unpaired) electrons. The number of benzene rings is 1. The van der Waals surface area contributed by atoms with E-state index in [1.165, 1.54) is 6.92 Å². The van der Waals surface area contributed by atoms with Gasteiger partial charge in [-0.15, -0.1) is 0 Å². The van der Waals surface area contributed by atoms with Gasteiger partial charge >= 0.3 is 5.97 Å². The molecule has 0 amide bonds. The molecule has 0 spiro atoms. The van der Waals surface area contributed by atoms with Crippen LogP contribution in [0.1, 0.15) is 13.8 Å². The number of aliphatic carboxylic acids is 1. The summed E-state index contributed by atoms with van der Waals surface area (Å²) in [5.74, 6) is -0.923. The van der Waals surface area contributed by atoms with Crippen LogP contribution in [0.4, 0.5) is 0 Å². The molecule has 0 aliphatic rings. The first-order valence-corrected chi connectivity index (χ1v) is 6.78. The summed E-state index contributed by atoms with van der Waals surface area (Å²) in [5, 5.41) is 8.34. The molecule has 0 aliphatic heterocycles. The van der Waals surface area contributed by atoms with Gasteiger partial charge in [0.2, 0.25) is 0 Å². The van der Waals surface area contributed by atoms with Crippen molar-refractivity contribution >= 4 is 38.8 Å². The highest BCUT2D eigenvalue weighted by molar-refractivity contribution is 9.10. The van der Waals surface area contributed by atoms with Gasteiger partial charge in [0.15, 0.2) is 5.12 Å². The summed E-state index contributed by atoms with van der Waals surface area (Å²) in [4.78, 5) is 20.5. The minimum absolute atomic E-state index is 0.0342. The van der Waals surface area contributed by atoms with Crippen molar-refractivity contribution in [3.8, 4) is 0 Å². The summed E-state index contributed by atoms with van der Waals surface area (Å²) in [7, 11) is 0. The van der Waals surface area contributed by atoms with Gasteiger partial charge in [0.1, 0.15) is 0 Å². The number of carboxylic acids is 1. The number of halogens is 1. The van der Waals surface area contributed by atoms with Crippen LogP contribution in [0, 0.1) is 5.92 Å². The molecular weight excluding hydrogens is 304 g/mol. The molecule has 3 nitrogen and oxygen atoms in total. The monoisotopic (exact) mass is 318 g/mol. The molecule has 5 heteroatoms. The minimum atomic E-state index is -0.853. The Balaban J connectivity index is 0.000000318. The quantitative estimate of drug-likeness (QED) is 0.927. The lowest BCUT2D eigenvalue weighted by molar-refractivity contribution is -0.140. The van der Waals surface area contributed by atoms with Crippen LogP contribution in [0.15, 0.2) is 34.8 Å². The van der Waals surface area contributed by atoms with Gasteiger partial charge in [-0.3, -0.25) is 9.59 Å². The number of hydrogen-bond acceptors (Lipinski definition) is 3. The fourth-order valence-corrected chi connectivity index (χ4v) is 1.66. The topological polar surface area (TPSA) is 54.4 Å². The lowest BCUT2D eigenvalue weighted by Crippen LogP contribution is -2.12. The van der Waals surface area contributed by atoms with E-state index in [1.807, 2.05) is 30.3 Å². The molecule has 0 aromatic heterocycles. The second-order valence-electron chi connectivity index (χ2n) is 3.34. The van der Waals surface area contributed by atoms with Gasteiger partial charge < -0.3 is 5.11 Å². The van der Waals surface area contributed by atoms with Crippen molar-refractivity contribution in [2.24, 2.45) is 5.92 Å². The normalized spacial score (nSPS) is 11.0. The molecule has 0 saturated heterocycles. The number of hydrogen-bond donors (Lipinski definition) is 1. The first-order chi connectivity index (χ1) is 7.93. The fraction of sp³-hybridized carbons (Fsp3) is 0.333. The summed E-state index contributed by atoms with van der Waals surface area (Å²) in [5.41, 5.74) is 0.